The number of amides is 3. The second-order valence-electron chi connectivity index (χ2n) is 8.48. The Morgan fingerprint density at radius 2 is 1.70 bits per heavy atom. The van der Waals surface area contributed by atoms with Gasteiger partial charge in [0.25, 0.3) is 11.5 Å². The van der Waals surface area contributed by atoms with Gasteiger partial charge in [0.15, 0.2) is 5.69 Å². The molecule has 2 aromatic rings. The lowest BCUT2D eigenvalue weighted by Gasteiger charge is -2.31. The number of rotatable bonds is 8. The lowest BCUT2D eigenvalue weighted by Crippen LogP contribution is -2.48. The van der Waals surface area contributed by atoms with Crippen LogP contribution in [0.1, 0.15) is 69.3 Å². The number of hydrazine groups is 1. The molecule has 1 fully saturated rings. The fourth-order valence-electron chi connectivity index (χ4n) is 4.11. The number of benzene rings is 1. The van der Waals surface area contributed by atoms with Crippen molar-refractivity contribution in [2.45, 2.75) is 65.3 Å². The van der Waals surface area contributed by atoms with Crippen LogP contribution in [0.15, 0.2) is 29.1 Å². The van der Waals surface area contributed by atoms with Crippen molar-refractivity contribution in [1.29, 1.82) is 0 Å². The number of hydrogen-bond donors (Lipinski definition) is 2. The van der Waals surface area contributed by atoms with Crippen molar-refractivity contribution < 1.29 is 14.4 Å². The Hall–Kier alpha value is -3.23. The first kappa shape index (κ1) is 24.4. The Morgan fingerprint density at radius 3 is 2.36 bits per heavy atom. The standard InChI is InChI=1S/C24H33N5O4/c1-3-5-8-14-29-24(33)19-11-7-6-10-18(19)21(27-29)23(32)26-25-22(31)17-12-15-28(16-13-17)20(30)9-4-2/h6-7,10-11,17H,3-5,8-9,12-16H2,1-2H3,(H,25,31)(H,26,32). The second kappa shape index (κ2) is 11.6. The van der Waals surface area contributed by atoms with Crippen molar-refractivity contribution >= 4 is 28.5 Å². The molecule has 2 N–H and O–H groups in total. The van der Waals surface area contributed by atoms with Gasteiger partial charge in [-0.3, -0.25) is 30.0 Å². The maximum absolute atomic E-state index is 12.9. The zero-order valence-electron chi connectivity index (χ0n) is 19.4. The first-order valence-electron chi connectivity index (χ1n) is 11.8. The average Bonchev–Trinajstić information content (AvgIpc) is 2.84. The third-order valence-electron chi connectivity index (χ3n) is 6.04. The van der Waals surface area contributed by atoms with Crippen LogP contribution in [-0.2, 0) is 16.1 Å². The molecule has 0 bridgehead atoms. The van der Waals surface area contributed by atoms with Crippen LogP contribution < -0.4 is 16.4 Å². The third kappa shape index (κ3) is 5.97. The van der Waals surface area contributed by atoms with Gasteiger partial charge in [-0.25, -0.2) is 4.68 Å². The number of nitrogens with zero attached hydrogens (tertiary/aromatic N) is 3. The fourth-order valence-corrected chi connectivity index (χ4v) is 4.11. The van der Waals surface area contributed by atoms with Crippen molar-refractivity contribution in [3.05, 3.63) is 40.3 Å². The molecular weight excluding hydrogens is 422 g/mol. The van der Waals surface area contributed by atoms with E-state index in [1.54, 1.807) is 29.2 Å². The molecule has 0 radical (unpaired) electrons. The van der Waals surface area contributed by atoms with Crippen LogP contribution >= 0.6 is 0 Å². The fraction of sp³-hybridized carbons (Fsp3) is 0.542. The molecule has 2 heterocycles. The number of aromatic nitrogens is 2. The SMILES string of the molecule is CCCCCn1nc(C(=O)NNC(=O)C2CCN(C(=O)CCC)CC2)c2ccccc2c1=O. The first-order valence-corrected chi connectivity index (χ1v) is 11.8. The number of unbranched alkanes of at least 4 members (excludes halogenated alkanes) is 2. The molecule has 0 atom stereocenters. The molecule has 1 aromatic carbocycles. The van der Waals surface area contributed by atoms with E-state index in [1.165, 1.54) is 4.68 Å². The van der Waals surface area contributed by atoms with E-state index in [1.807, 2.05) is 6.92 Å². The smallest absolute Gasteiger partial charge is 0.290 e. The van der Waals surface area contributed by atoms with Gasteiger partial charge in [0, 0.05) is 37.4 Å². The van der Waals surface area contributed by atoms with Crippen LogP contribution in [0.3, 0.4) is 0 Å². The molecule has 0 saturated carbocycles. The van der Waals surface area contributed by atoms with E-state index in [0.29, 0.717) is 49.7 Å². The van der Waals surface area contributed by atoms with Crippen LogP contribution in [-0.4, -0.2) is 45.5 Å². The molecule has 1 aromatic heterocycles. The van der Waals surface area contributed by atoms with Crippen molar-refractivity contribution in [2.24, 2.45) is 5.92 Å². The third-order valence-corrected chi connectivity index (χ3v) is 6.04. The average molecular weight is 456 g/mol. The number of fused-ring (bicyclic) bond motifs is 1. The predicted octanol–water partition coefficient (Wildman–Crippen LogP) is 2.39. The summed E-state index contributed by atoms with van der Waals surface area (Å²) in [5.41, 5.74) is 4.83. The molecule has 3 amide bonds. The second-order valence-corrected chi connectivity index (χ2v) is 8.48. The minimum absolute atomic E-state index is 0.0991. The Morgan fingerprint density at radius 1 is 1.00 bits per heavy atom. The summed E-state index contributed by atoms with van der Waals surface area (Å²) in [6.07, 6.45) is 5.20. The van der Waals surface area contributed by atoms with Gasteiger partial charge in [-0.2, -0.15) is 5.10 Å². The topological polar surface area (TPSA) is 113 Å². The van der Waals surface area contributed by atoms with Crippen molar-refractivity contribution in [3.63, 3.8) is 0 Å². The molecule has 9 nitrogen and oxygen atoms in total. The van der Waals surface area contributed by atoms with E-state index < -0.39 is 5.91 Å². The molecule has 1 aliphatic rings. The first-order chi connectivity index (χ1) is 16.0. The Bertz CT molecular complexity index is 1060. The van der Waals surface area contributed by atoms with Crippen LogP contribution in [0, 0.1) is 5.92 Å². The molecule has 1 aliphatic heterocycles. The molecule has 33 heavy (non-hydrogen) atoms. The summed E-state index contributed by atoms with van der Waals surface area (Å²) in [5, 5.41) is 5.17. The number of hydrogen-bond acceptors (Lipinski definition) is 5. The van der Waals surface area contributed by atoms with E-state index in [-0.39, 0.29) is 29.0 Å². The van der Waals surface area contributed by atoms with E-state index in [0.717, 1.165) is 25.7 Å². The van der Waals surface area contributed by atoms with Crippen LogP contribution in [0.5, 0.6) is 0 Å². The van der Waals surface area contributed by atoms with Gasteiger partial charge >= 0.3 is 0 Å². The minimum Gasteiger partial charge on any atom is -0.343 e. The predicted molar refractivity (Wildman–Crippen MR) is 125 cm³/mol. The Labute approximate surface area is 193 Å². The lowest BCUT2D eigenvalue weighted by molar-refractivity contribution is -0.135. The summed E-state index contributed by atoms with van der Waals surface area (Å²) < 4.78 is 1.33. The van der Waals surface area contributed by atoms with E-state index in [4.69, 9.17) is 0 Å². The number of carbonyl (C=O) groups is 3. The van der Waals surface area contributed by atoms with E-state index in [2.05, 4.69) is 22.9 Å². The van der Waals surface area contributed by atoms with Crippen molar-refractivity contribution in [2.75, 3.05) is 13.1 Å². The summed E-state index contributed by atoms with van der Waals surface area (Å²) in [6.45, 7) is 5.56. The highest BCUT2D eigenvalue weighted by molar-refractivity contribution is 6.05. The van der Waals surface area contributed by atoms with Crippen LogP contribution in [0.4, 0.5) is 0 Å². The quantitative estimate of drug-likeness (QED) is 0.469. The number of nitrogens with one attached hydrogen (secondary N) is 2. The molecule has 1 saturated heterocycles. The molecule has 0 spiro atoms. The van der Waals surface area contributed by atoms with Crippen LogP contribution in [0.25, 0.3) is 10.8 Å². The summed E-state index contributed by atoms with van der Waals surface area (Å²) in [4.78, 5) is 52.1. The zero-order valence-corrected chi connectivity index (χ0v) is 19.4. The monoisotopic (exact) mass is 455 g/mol. The molecule has 0 aliphatic carbocycles. The number of likely N-dealkylation sites (tertiary alicyclic amines) is 1. The minimum atomic E-state index is -0.570. The number of piperidine rings is 1. The molecular formula is C24H33N5O4. The Balaban J connectivity index is 1.66. The van der Waals surface area contributed by atoms with Crippen LogP contribution in [0.2, 0.25) is 0 Å². The summed E-state index contributed by atoms with van der Waals surface area (Å²) >= 11 is 0. The maximum Gasteiger partial charge on any atom is 0.290 e. The largest absolute Gasteiger partial charge is 0.343 e. The molecule has 9 heteroatoms. The van der Waals surface area contributed by atoms with Gasteiger partial charge in [0.05, 0.1) is 5.39 Å². The molecule has 3 rings (SSSR count). The highest BCUT2D eigenvalue weighted by Crippen LogP contribution is 2.18. The summed E-state index contributed by atoms with van der Waals surface area (Å²) in [6, 6.07) is 6.85. The zero-order chi connectivity index (χ0) is 23.8. The normalized spacial score (nSPS) is 14.3. The van der Waals surface area contributed by atoms with E-state index in [9.17, 15) is 19.2 Å². The van der Waals surface area contributed by atoms with Gasteiger partial charge in [-0.1, -0.05) is 44.9 Å². The van der Waals surface area contributed by atoms with Gasteiger partial charge in [-0.05, 0) is 31.7 Å². The lowest BCUT2D eigenvalue weighted by atomic mass is 9.96. The van der Waals surface area contributed by atoms with Gasteiger partial charge < -0.3 is 4.90 Å². The summed E-state index contributed by atoms with van der Waals surface area (Å²) in [7, 11) is 0. The summed E-state index contributed by atoms with van der Waals surface area (Å²) in [5.74, 6) is -1.01. The number of aryl methyl sites for hydroxylation is 1. The van der Waals surface area contributed by atoms with E-state index >= 15 is 0 Å². The van der Waals surface area contributed by atoms with Crippen molar-refractivity contribution in [1.82, 2.24) is 25.5 Å². The highest BCUT2D eigenvalue weighted by atomic mass is 16.2. The van der Waals surface area contributed by atoms with Crippen molar-refractivity contribution in [3.8, 4) is 0 Å². The molecule has 178 valence electrons. The molecule has 0 unspecified atom stereocenters. The highest BCUT2D eigenvalue weighted by Gasteiger charge is 2.27. The number of carbonyl (C=O) groups excluding carboxylic acids is 3. The Kier molecular flexibility index (Phi) is 8.57. The van der Waals surface area contributed by atoms with Gasteiger partial charge in [-0.15, -0.1) is 0 Å². The van der Waals surface area contributed by atoms with Gasteiger partial charge in [0.1, 0.15) is 0 Å². The van der Waals surface area contributed by atoms with Gasteiger partial charge in [0.2, 0.25) is 11.8 Å². The maximum atomic E-state index is 12.9.